The number of aryl methyl sites for hydroxylation is 1. The monoisotopic (exact) mass is 417 g/mol. The van der Waals surface area contributed by atoms with Crippen molar-refractivity contribution in [3.8, 4) is 5.75 Å². The predicted molar refractivity (Wildman–Crippen MR) is 111 cm³/mol. The van der Waals surface area contributed by atoms with Crippen LogP contribution in [-0.4, -0.2) is 79.1 Å². The van der Waals surface area contributed by atoms with Crippen LogP contribution in [0.3, 0.4) is 0 Å². The molecule has 0 aromatic heterocycles. The average molecular weight is 418 g/mol. The molecule has 30 heavy (non-hydrogen) atoms. The molecule has 8 nitrogen and oxygen atoms in total. The van der Waals surface area contributed by atoms with Gasteiger partial charge in [0.1, 0.15) is 23.9 Å². The molecule has 1 fully saturated rings. The largest absolute Gasteiger partial charge is 0.484 e. The van der Waals surface area contributed by atoms with Crippen LogP contribution in [0.4, 0.5) is 0 Å². The molecule has 3 rings (SSSR count). The lowest BCUT2D eigenvalue weighted by Crippen LogP contribution is -2.57. The Bertz CT molecular complexity index is 817. The van der Waals surface area contributed by atoms with Gasteiger partial charge in [-0.05, 0) is 40.0 Å². The average Bonchev–Trinajstić information content (AvgIpc) is 2.83. The zero-order chi connectivity index (χ0) is 21.9. The minimum Gasteiger partial charge on any atom is -0.484 e. The number of likely N-dealkylation sites (tertiary alicyclic amines) is 1. The van der Waals surface area contributed by atoms with Crippen molar-refractivity contribution in [3.63, 3.8) is 0 Å². The van der Waals surface area contributed by atoms with Gasteiger partial charge in [0.25, 0.3) is 5.91 Å². The van der Waals surface area contributed by atoms with E-state index in [-0.39, 0.29) is 19.1 Å². The molecule has 164 valence electrons. The van der Waals surface area contributed by atoms with Crippen LogP contribution < -0.4 is 10.1 Å². The van der Waals surface area contributed by atoms with Crippen molar-refractivity contribution < 1.29 is 23.9 Å². The molecule has 1 N–H and O–H groups in total. The number of piperidine rings is 1. The predicted octanol–water partition coefficient (Wildman–Crippen LogP) is 1.36. The fourth-order valence-corrected chi connectivity index (χ4v) is 3.96. The first-order valence-electron chi connectivity index (χ1n) is 10.5. The van der Waals surface area contributed by atoms with Gasteiger partial charge in [0.15, 0.2) is 0 Å². The molecule has 2 aliphatic heterocycles. The second-order valence-corrected chi connectivity index (χ2v) is 8.22. The first-order chi connectivity index (χ1) is 14.2. The topological polar surface area (TPSA) is 88.2 Å². The molecule has 1 aromatic rings. The molecule has 0 bridgehead atoms. The zero-order valence-corrected chi connectivity index (χ0v) is 18.2. The normalized spacial score (nSPS) is 19.5. The first kappa shape index (κ1) is 22.1. The molecule has 1 saturated heterocycles. The number of amides is 2. The standard InChI is InChI=1S/C22H31N3O5/c1-5-29-19(26)13-23-20(27)16(3)25-14-22(8-10-24(4)11-9-22)30-18-7-6-15(2)12-17(18)21(25)28/h6-7,12,16H,5,8-11,13-14H2,1-4H3,(H,23,27)/t16-/m0/s1. The molecule has 0 saturated carbocycles. The number of nitrogens with one attached hydrogen (secondary N) is 1. The van der Waals surface area contributed by atoms with Crippen molar-refractivity contribution in [3.05, 3.63) is 29.3 Å². The Morgan fingerprint density at radius 2 is 2.00 bits per heavy atom. The number of esters is 1. The van der Waals surface area contributed by atoms with Gasteiger partial charge >= 0.3 is 5.97 Å². The van der Waals surface area contributed by atoms with Gasteiger partial charge in [-0.15, -0.1) is 0 Å². The molecule has 0 aliphatic carbocycles. The van der Waals surface area contributed by atoms with E-state index in [4.69, 9.17) is 9.47 Å². The lowest BCUT2D eigenvalue weighted by molar-refractivity contribution is -0.143. The number of nitrogens with zero attached hydrogens (tertiary/aromatic N) is 2. The minimum atomic E-state index is -0.751. The fourth-order valence-electron chi connectivity index (χ4n) is 3.96. The Hall–Kier alpha value is -2.61. The molecule has 0 unspecified atom stereocenters. The van der Waals surface area contributed by atoms with Crippen LogP contribution in [0.15, 0.2) is 18.2 Å². The van der Waals surface area contributed by atoms with Crippen LogP contribution in [0.5, 0.6) is 5.75 Å². The molecule has 1 spiro atoms. The molecule has 0 radical (unpaired) electrons. The number of carbonyl (C=O) groups is 3. The van der Waals surface area contributed by atoms with E-state index in [9.17, 15) is 14.4 Å². The van der Waals surface area contributed by atoms with Crippen LogP contribution in [0.1, 0.15) is 42.6 Å². The number of hydrogen-bond donors (Lipinski definition) is 1. The Kier molecular flexibility index (Phi) is 6.65. The molecular formula is C22H31N3O5. The third-order valence-electron chi connectivity index (χ3n) is 5.87. The van der Waals surface area contributed by atoms with Crippen molar-refractivity contribution in [2.75, 3.05) is 39.8 Å². The molecular weight excluding hydrogens is 386 g/mol. The smallest absolute Gasteiger partial charge is 0.325 e. The van der Waals surface area contributed by atoms with Crippen LogP contribution in [0.25, 0.3) is 0 Å². The summed E-state index contributed by atoms with van der Waals surface area (Å²) in [6.45, 7) is 7.37. The summed E-state index contributed by atoms with van der Waals surface area (Å²) >= 11 is 0. The highest BCUT2D eigenvalue weighted by Crippen LogP contribution is 2.36. The maximum Gasteiger partial charge on any atom is 0.325 e. The van der Waals surface area contributed by atoms with E-state index in [0.717, 1.165) is 31.5 Å². The third kappa shape index (κ3) is 4.75. The number of hydrogen-bond acceptors (Lipinski definition) is 6. The van der Waals surface area contributed by atoms with Gasteiger partial charge in [-0.25, -0.2) is 0 Å². The number of ether oxygens (including phenoxy) is 2. The van der Waals surface area contributed by atoms with Gasteiger partial charge in [0.2, 0.25) is 5.91 Å². The van der Waals surface area contributed by atoms with Crippen LogP contribution in [0.2, 0.25) is 0 Å². The maximum atomic E-state index is 13.4. The van der Waals surface area contributed by atoms with Gasteiger partial charge in [-0.1, -0.05) is 11.6 Å². The van der Waals surface area contributed by atoms with Crippen LogP contribution in [0, 0.1) is 6.92 Å². The van der Waals surface area contributed by atoms with Crippen molar-refractivity contribution in [1.82, 2.24) is 15.1 Å². The Labute approximate surface area is 177 Å². The Morgan fingerprint density at radius 1 is 1.30 bits per heavy atom. The van der Waals surface area contributed by atoms with E-state index in [1.165, 1.54) is 0 Å². The van der Waals surface area contributed by atoms with Gasteiger partial charge in [0, 0.05) is 25.9 Å². The molecule has 1 atom stereocenters. The summed E-state index contributed by atoms with van der Waals surface area (Å²) in [4.78, 5) is 41.6. The van der Waals surface area contributed by atoms with E-state index in [1.54, 1.807) is 18.7 Å². The SMILES string of the molecule is CCOC(=O)CNC(=O)[C@H](C)N1CC2(CCN(C)CC2)Oc2ccc(C)cc2C1=O. The van der Waals surface area contributed by atoms with Crippen molar-refractivity contribution in [2.45, 2.75) is 45.3 Å². The summed E-state index contributed by atoms with van der Waals surface area (Å²) in [6, 6.07) is 4.83. The third-order valence-corrected chi connectivity index (χ3v) is 5.87. The lowest BCUT2D eigenvalue weighted by atomic mass is 9.90. The minimum absolute atomic E-state index is 0.221. The highest BCUT2D eigenvalue weighted by molar-refractivity contribution is 6.00. The molecule has 2 heterocycles. The summed E-state index contributed by atoms with van der Waals surface area (Å²) in [6.07, 6.45) is 1.52. The molecule has 2 aliphatic rings. The highest BCUT2D eigenvalue weighted by Gasteiger charge is 2.44. The quantitative estimate of drug-likeness (QED) is 0.728. The van der Waals surface area contributed by atoms with E-state index in [1.807, 2.05) is 25.1 Å². The molecule has 1 aromatic carbocycles. The van der Waals surface area contributed by atoms with E-state index in [2.05, 4.69) is 17.3 Å². The summed E-state index contributed by atoms with van der Waals surface area (Å²) in [5, 5.41) is 2.58. The van der Waals surface area contributed by atoms with Crippen molar-refractivity contribution in [2.24, 2.45) is 0 Å². The second kappa shape index (κ2) is 9.04. The number of fused-ring (bicyclic) bond motifs is 1. The van der Waals surface area contributed by atoms with Gasteiger partial charge in [-0.3, -0.25) is 14.4 Å². The number of benzene rings is 1. The van der Waals surface area contributed by atoms with E-state index >= 15 is 0 Å². The van der Waals surface area contributed by atoms with Gasteiger partial charge in [-0.2, -0.15) is 0 Å². The summed E-state index contributed by atoms with van der Waals surface area (Å²) in [5.41, 5.74) is 0.874. The van der Waals surface area contributed by atoms with Gasteiger partial charge in [0.05, 0.1) is 18.7 Å². The highest BCUT2D eigenvalue weighted by atomic mass is 16.5. The van der Waals surface area contributed by atoms with Crippen LogP contribution in [-0.2, 0) is 14.3 Å². The Morgan fingerprint density at radius 3 is 2.67 bits per heavy atom. The number of carbonyl (C=O) groups excluding carboxylic acids is 3. The van der Waals surface area contributed by atoms with Crippen LogP contribution >= 0.6 is 0 Å². The summed E-state index contributed by atoms with van der Waals surface area (Å²) in [7, 11) is 2.06. The number of rotatable bonds is 5. The molecule has 2 amide bonds. The first-order valence-corrected chi connectivity index (χ1v) is 10.5. The summed E-state index contributed by atoms with van der Waals surface area (Å²) in [5.74, 6) is -0.563. The summed E-state index contributed by atoms with van der Waals surface area (Å²) < 4.78 is 11.3. The van der Waals surface area contributed by atoms with Gasteiger partial charge < -0.3 is 24.6 Å². The maximum absolute atomic E-state index is 13.4. The second-order valence-electron chi connectivity index (χ2n) is 8.22. The Balaban J connectivity index is 1.87. The van der Waals surface area contributed by atoms with Crippen molar-refractivity contribution in [1.29, 1.82) is 0 Å². The fraction of sp³-hybridized carbons (Fsp3) is 0.591. The lowest BCUT2D eigenvalue weighted by Gasteiger charge is -2.42. The van der Waals surface area contributed by atoms with E-state index in [0.29, 0.717) is 17.9 Å². The van der Waals surface area contributed by atoms with E-state index < -0.39 is 23.5 Å². The zero-order valence-electron chi connectivity index (χ0n) is 18.2. The van der Waals surface area contributed by atoms with Crippen molar-refractivity contribution >= 4 is 17.8 Å². The molecule has 8 heteroatoms.